The van der Waals surface area contributed by atoms with Gasteiger partial charge in [-0.3, -0.25) is 4.79 Å². The first-order chi connectivity index (χ1) is 10.2. The van der Waals surface area contributed by atoms with Crippen molar-refractivity contribution in [2.45, 2.75) is 38.1 Å². The fourth-order valence-corrected chi connectivity index (χ4v) is 3.61. The third kappa shape index (κ3) is 3.55. The van der Waals surface area contributed by atoms with Crippen molar-refractivity contribution in [3.05, 3.63) is 29.0 Å². The molecule has 1 amide bonds. The minimum Gasteiger partial charge on any atom is -0.339 e. The maximum atomic E-state index is 12.5. The van der Waals surface area contributed by atoms with Crippen LogP contribution < -0.4 is 0 Å². The van der Waals surface area contributed by atoms with Crippen LogP contribution in [0, 0.1) is 0 Å². The molecule has 0 saturated carbocycles. The molecule has 0 spiro atoms. The van der Waals surface area contributed by atoms with Crippen molar-refractivity contribution in [3.8, 4) is 0 Å². The SMILES string of the molecule is O=C(c1ccnc(Cl)c1)N1CCC(N2CCCCC2)CC1. The van der Waals surface area contributed by atoms with E-state index in [1.165, 1.54) is 32.4 Å². The summed E-state index contributed by atoms with van der Waals surface area (Å²) in [6.45, 7) is 4.16. The Labute approximate surface area is 131 Å². The topological polar surface area (TPSA) is 36.4 Å². The standard InChI is InChI=1S/C16H22ClN3O/c17-15-12-13(4-7-18-15)16(21)20-10-5-14(6-11-20)19-8-2-1-3-9-19/h4,7,12,14H,1-3,5-6,8-11H2. The molecule has 0 radical (unpaired) electrons. The van der Waals surface area contributed by atoms with Crippen molar-refractivity contribution in [1.29, 1.82) is 0 Å². The Morgan fingerprint density at radius 1 is 1.14 bits per heavy atom. The van der Waals surface area contributed by atoms with Gasteiger partial charge in [-0.15, -0.1) is 0 Å². The fraction of sp³-hybridized carbons (Fsp3) is 0.625. The second-order valence-corrected chi connectivity index (χ2v) is 6.37. The zero-order valence-electron chi connectivity index (χ0n) is 12.3. The van der Waals surface area contributed by atoms with Crippen LogP contribution in [0.2, 0.25) is 5.15 Å². The Hall–Kier alpha value is -1.13. The number of aromatic nitrogens is 1. The monoisotopic (exact) mass is 307 g/mol. The molecular weight excluding hydrogens is 286 g/mol. The van der Waals surface area contributed by atoms with Gasteiger partial charge in [-0.1, -0.05) is 18.0 Å². The van der Waals surface area contributed by atoms with Crippen LogP contribution in [0.4, 0.5) is 0 Å². The molecular formula is C16H22ClN3O. The Morgan fingerprint density at radius 2 is 1.86 bits per heavy atom. The van der Waals surface area contributed by atoms with Crippen LogP contribution in [0.3, 0.4) is 0 Å². The molecule has 0 unspecified atom stereocenters. The first-order valence-electron chi connectivity index (χ1n) is 7.89. The summed E-state index contributed by atoms with van der Waals surface area (Å²) in [6.07, 6.45) is 7.80. The summed E-state index contributed by atoms with van der Waals surface area (Å²) in [4.78, 5) is 21.0. The van der Waals surface area contributed by atoms with Crippen LogP contribution in [0.15, 0.2) is 18.3 Å². The van der Waals surface area contributed by atoms with Gasteiger partial charge in [0.1, 0.15) is 5.15 Å². The van der Waals surface area contributed by atoms with E-state index in [2.05, 4.69) is 9.88 Å². The molecule has 2 fully saturated rings. The third-order valence-corrected chi connectivity index (χ3v) is 4.84. The van der Waals surface area contributed by atoms with Gasteiger partial charge in [0.05, 0.1) is 0 Å². The van der Waals surface area contributed by atoms with E-state index in [0.29, 0.717) is 16.8 Å². The maximum absolute atomic E-state index is 12.5. The van der Waals surface area contributed by atoms with E-state index in [-0.39, 0.29) is 5.91 Å². The van der Waals surface area contributed by atoms with E-state index in [4.69, 9.17) is 11.6 Å². The number of carbonyl (C=O) groups excluding carboxylic acids is 1. The highest BCUT2D eigenvalue weighted by molar-refractivity contribution is 6.29. The van der Waals surface area contributed by atoms with E-state index < -0.39 is 0 Å². The highest BCUT2D eigenvalue weighted by Crippen LogP contribution is 2.22. The lowest BCUT2D eigenvalue weighted by atomic mass is 9.99. The van der Waals surface area contributed by atoms with E-state index >= 15 is 0 Å². The molecule has 3 heterocycles. The summed E-state index contributed by atoms with van der Waals surface area (Å²) in [7, 11) is 0. The number of nitrogens with zero attached hydrogens (tertiary/aromatic N) is 3. The predicted molar refractivity (Wildman–Crippen MR) is 83.6 cm³/mol. The summed E-state index contributed by atoms with van der Waals surface area (Å²) < 4.78 is 0. The van der Waals surface area contributed by atoms with Crippen molar-refractivity contribution in [2.24, 2.45) is 0 Å². The molecule has 0 bridgehead atoms. The summed E-state index contributed by atoms with van der Waals surface area (Å²) in [5.41, 5.74) is 0.645. The lowest BCUT2D eigenvalue weighted by Crippen LogP contribution is -2.48. The number of hydrogen-bond donors (Lipinski definition) is 0. The van der Waals surface area contributed by atoms with Gasteiger partial charge in [-0.25, -0.2) is 4.98 Å². The van der Waals surface area contributed by atoms with E-state index in [0.717, 1.165) is 25.9 Å². The Morgan fingerprint density at radius 3 is 2.52 bits per heavy atom. The van der Waals surface area contributed by atoms with Crippen LogP contribution in [0.5, 0.6) is 0 Å². The van der Waals surface area contributed by atoms with Gasteiger partial charge < -0.3 is 9.80 Å². The van der Waals surface area contributed by atoms with Crippen LogP contribution in [0.25, 0.3) is 0 Å². The molecule has 0 atom stereocenters. The van der Waals surface area contributed by atoms with Gasteiger partial charge in [0.2, 0.25) is 0 Å². The van der Waals surface area contributed by atoms with Crippen molar-refractivity contribution in [3.63, 3.8) is 0 Å². The number of piperidine rings is 2. The number of hydrogen-bond acceptors (Lipinski definition) is 3. The van der Waals surface area contributed by atoms with Crippen LogP contribution in [-0.2, 0) is 0 Å². The van der Waals surface area contributed by atoms with Crippen molar-refractivity contribution >= 4 is 17.5 Å². The summed E-state index contributed by atoms with van der Waals surface area (Å²) in [6, 6.07) is 4.06. The van der Waals surface area contributed by atoms with E-state index in [1.54, 1.807) is 18.3 Å². The molecule has 2 saturated heterocycles. The van der Waals surface area contributed by atoms with Crippen molar-refractivity contribution in [2.75, 3.05) is 26.2 Å². The van der Waals surface area contributed by atoms with Gasteiger partial charge in [-0.2, -0.15) is 0 Å². The molecule has 2 aliphatic heterocycles. The van der Waals surface area contributed by atoms with Gasteiger partial charge >= 0.3 is 0 Å². The second-order valence-electron chi connectivity index (χ2n) is 5.99. The molecule has 1 aromatic heterocycles. The average Bonchev–Trinajstić information content (AvgIpc) is 2.55. The molecule has 3 rings (SSSR count). The molecule has 114 valence electrons. The molecule has 0 aliphatic carbocycles. The summed E-state index contributed by atoms with van der Waals surface area (Å²) in [5.74, 6) is 0.0800. The minimum absolute atomic E-state index is 0.0800. The van der Waals surface area contributed by atoms with Crippen molar-refractivity contribution in [1.82, 2.24) is 14.8 Å². The van der Waals surface area contributed by atoms with Gasteiger partial charge in [0.25, 0.3) is 5.91 Å². The number of halogens is 1. The van der Waals surface area contributed by atoms with Crippen LogP contribution in [0.1, 0.15) is 42.5 Å². The van der Waals surface area contributed by atoms with Gasteiger partial charge in [0.15, 0.2) is 0 Å². The summed E-state index contributed by atoms with van der Waals surface area (Å²) in [5, 5.41) is 0.379. The molecule has 0 aromatic carbocycles. The van der Waals surface area contributed by atoms with E-state index in [1.807, 2.05) is 4.90 Å². The highest BCUT2D eigenvalue weighted by atomic mass is 35.5. The smallest absolute Gasteiger partial charge is 0.254 e. The maximum Gasteiger partial charge on any atom is 0.254 e. The molecule has 4 nitrogen and oxygen atoms in total. The molecule has 0 N–H and O–H groups in total. The molecule has 1 aromatic rings. The summed E-state index contributed by atoms with van der Waals surface area (Å²) >= 11 is 5.86. The predicted octanol–water partition coefficient (Wildman–Crippen LogP) is 2.83. The zero-order chi connectivity index (χ0) is 14.7. The normalized spacial score (nSPS) is 21.5. The number of likely N-dealkylation sites (tertiary alicyclic amines) is 2. The number of amides is 1. The second kappa shape index (κ2) is 6.75. The largest absolute Gasteiger partial charge is 0.339 e. The van der Waals surface area contributed by atoms with Crippen LogP contribution >= 0.6 is 11.6 Å². The van der Waals surface area contributed by atoms with Crippen molar-refractivity contribution < 1.29 is 4.79 Å². The first kappa shape index (κ1) is 14.8. The lowest BCUT2D eigenvalue weighted by Gasteiger charge is -2.40. The fourth-order valence-electron chi connectivity index (χ4n) is 3.44. The first-order valence-corrected chi connectivity index (χ1v) is 8.27. The number of rotatable bonds is 2. The minimum atomic E-state index is 0.0800. The Kier molecular flexibility index (Phi) is 4.76. The average molecular weight is 308 g/mol. The van der Waals surface area contributed by atoms with Gasteiger partial charge in [-0.05, 0) is 50.9 Å². The number of carbonyl (C=O) groups is 1. The quantitative estimate of drug-likeness (QED) is 0.788. The molecule has 5 heteroatoms. The Bertz CT molecular complexity index is 494. The Balaban J connectivity index is 1.56. The van der Waals surface area contributed by atoms with E-state index in [9.17, 15) is 4.79 Å². The molecule has 2 aliphatic rings. The number of pyridine rings is 1. The molecule has 21 heavy (non-hydrogen) atoms. The lowest BCUT2D eigenvalue weighted by molar-refractivity contribution is 0.0590. The van der Waals surface area contributed by atoms with Crippen LogP contribution in [-0.4, -0.2) is 52.9 Å². The highest BCUT2D eigenvalue weighted by Gasteiger charge is 2.28. The zero-order valence-corrected chi connectivity index (χ0v) is 13.1. The van der Waals surface area contributed by atoms with Gasteiger partial charge in [0, 0.05) is 30.9 Å². The third-order valence-electron chi connectivity index (χ3n) is 4.63.